The number of aldehydes is 1. The van der Waals surface area contributed by atoms with Crippen LogP contribution in [-0.4, -0.2) is 17.0 Å². The molecule has 0 heterocycles. The van der Waals surface area contributed by atoms with E-state index in [0.717, 1.165) is 11.8 Å². The summed E-state index contributed by atoms with van der Waals surface area (Å²) in [4.78, 5) is 20.6. The first-order chi connectivity index (χ1) is 6.65. The molecule has 0 amide bonds. The number of hydrogen-bond donors (Lipinski definition) is 0. The number of rotatable bonds is 4. The Morgan fingerprint density at radius 3 is 2.86 bits per heavy atom. The normalized spacial score (nSPS) is 9.79. The van der Waals surface area contributed by atoms with E-state index in [-0.39, 0.29) is 11.4 Å². The highest BCUT2D eigenvalue weighted by atomic mass is 35.5. The van der Waals surface area contributed by atoms with Gasteiger partial charge in [0.25, 0.3) is 5.69 Å². The van der Waals surface area contributed by atoms with Gasteiger partial charge in [0.05, 0.1) is 15.6 Å². The van der Waals surface area contributed by atoms with Crippen molar-refractivity contribution in [1.82, 2.24) is 0 Å². The van der Waals surface area contributed by atoms with E-state index in [9.17, 15) is 14.9 Å². The van der Waals surface area contributed by atoms with Crippen molar-refractivity contribution in [2.24, 2.45) is 0 Å². The molecule has 0 aromatic heterocycles. The molecule has 1 aromatic rings. The highest BCUT2D eigenvalue weighted by molar-refractivity contribution is 8.00. The van der Waals surface area contributed by atoms with Gasteiger partial charge in [-0.1, -0.05) is 11.6 Å². The Morgan fingerprint density at radius 2 is 2.29 bits per heavy atom. The molecule has 0 bridgehead atoms. The summed E-state index contributed by atoms with van der Waals surface area (Å²) < 4.78 is 0. The van der Waals surface area contributed by atoms with Crippen molar-refractivity contribution < 1.29 is 9.72 Å². The van der Waals surface area contributed by atoms with Crippen molar-refractivity contribution in [3.63, 3.8) is 0 Å². The maximum atomic E-state index is 10.6. The summed E-state index contributed by atoms with van der Waals surface area (Å²) in [6, 6.07) is 4.37. The zero-order chi connectivity index (χ0) is 10.6. The first kappa shape index (κ1) is 11.0. The summed E-state index contributed by atoms with van der Waals surface area (Å²) in [7, 11) is 0. The van der Waals surface area contributed by atoms with Crippen LogP contribution in [0.1, 0.15) is 0 Å². The van der Waals surface area contributed by atoms with Crippen molar-refractivity contribution in [2.75, 3.05) is 5.75 Å². The first-order valence-electron chi connectivity index (χ1n) is 3.65. The van der Waals surface area contributed by atoms with E-state index in [0.29, 0.717) is 16.2 Å². The number of nitro groups is 1. The van der Waals surface area contributed by atoms with Gasteiger partial charge >= 0.3 is 0 Å². The van der Waals surface area contributed by atoms with Crippen LogP contribution in [0.15, 0.2) is 23.1 Å². The molecule has 4 nitrogen and oxygen atoms in total. The van der Waals surface area contributed by atoms with Crippen LogP contribution in [0.2, 0.25) is 5.02 Å². The number of carbonyl (C=O) groups excluding carboxylic acids is 1. The second-order valence-corrected chi connectivity index (χ2v) is 3.85. The topological polar surface area (TPSA) is 60.2 Å². The molecule has 0 saturated heterocycles. The van der Waals surface area contributed by atoms with Gasteiger partial charge in [-0.3, -0.25) is 10.1 Å². The van der Waals surface area contributed by atoms with Gasteiger partial charge in [0, 0.05) is 11.1 Å². The van der Waals surface area contributed by atoms with E-state index in [4.69, 9.17) is 11.6 Å². The Labute approximate surface area is 89.4 Å². The summed E-state index contributed by atoms with van der Waals surface area (Å²) in [5, 5.41) is 10.9. The molecule has 0 unspecified atom stereocenters. The van der Waals surface area contributed by atoms with E-state index >= 15 is 0 Å². The number of benzene rings is 1. The van der Waals surface area contributed by atoms with E-state index < -0.39 is 4.92 Å². The fourth-order valence-electron chi connectivity index (χ4n) is 0.879. The zero-order valence-corrected chi connectivity index (χ0v) is 8.55. The molecule has 0 radical (unpaired) electrons. The lowest BCUT2D eigenvalue weighted by molar-refractivity contribution is -0.387. The Kier molecular flexibility index (Phi) is 3.91. The lowest BCUT2D eigenvalue weighted by Gasteiger charge is -1.99. The average Bonchev–Trinajstić information content (AvgIpc) is 2.15. The molecule has 0 saturated carbocycles. The lowest BCUT2D eigenvalue weighted by atomic mass is 10.3. The predicted molar refractivity (Wildman–Crippen MR) is 54.9 cm³/mol. The van der Waals surface area contributed by atoms with Crippen LogP contribution in [0.5, 0.6) is 0 Å². The minimum Gasteiger partial charge on any atom is -0.302 e. The molecule has 0 aliphatic carbocycles. The summed E-state index contributed by atoms with van der Waals surface area (Å²) >= 11 is 6.73. The molecule has 14 heavy (non-hydrogen) atoms. The van der Waals surface area contributed by atoms with E-state index in [1.54, 1.807) is 6.07 Å². The summed E-state index contributed by atoms with van der Waals surface area (Å²) in [6.07, 6.45) is 0.697. The van der Waals surface area contributed by atoms with Crippen molar-refractivity contribution in [3.8, 4) is 0 Å². The van der Waals surface area contributed by atoms with Crippen LogP contribution in [-0.2, 0) is 4.79 Å². The Hall–Kier alpha value is -1.07. The number of nitrogens with zero attached hydrogens (tertiary/aromatic N) is 1. The maximum absolute atomic E-state index is 10.6. The summed E-state index contributed by atoms with van der Waals surface area (Å²) in [5.74, 6) is 0.197. The average molecular weight is 232 g/mol. The van der Waals surface area contributed by atoms with Gasteiger partial charge in [-0.15, -0.1) is 11.8 Å². The molecule has 0 spiro atoms. The van der Waals surface area contributed by atoms with Crippen LogP contribution in [0.25, 0.3) is 0 Å². The van der Waals surface area contributed by atoms with Gasteiger partial charge < -0.3 is 4.79 Å². The van der Waals surface area contributed by atoms with Crippen LogP contribution < -0.4 is 0 Å². The standard InChI is InChI=1S/C8H6ClNO3S/c9-6-1-2-8(14-4-3-11)7(5-6)10(12)13/h1-3,5H,4H2. The molecular formula is C8H6ClNO3S. The minimum absolute atomic E-state index is 0.0654. The highest BCUT2D eigenvalue weighted by Crippen LogP contribution is 2.30. The quantitative estimate of drug-likeness (QED) is 0.346. The SMILES string of the molecule is O=CCSc1ccc(Cl)cc1[N+](=O)[O-]. The molecule has 6 heteroatoms. The van der Waals surface area contributed by atoms with Gasteiger partial charge in [-0.25, -0.2) is 0 Å². The first-order valence-corrected chi connectivity index (χ1v) is 5.02. The molecule has 0 aliphatic rings. The fraction of sp³-hybridized carbons (Fsp3) is 0.125. The van der Waals surface area contributed by atoms with Crippen molar-refractivity contribution in [2.45, 2.75) is 4.90 Å². The number of hydrogen-bond acceptors (Lipinski definition) is 4. The monoisotopic (exact) mass is 231 g/mol. The number of halogens is 1. The largest absolute Gasteiger partial charge is 0.302 e. The third-order valence-electron chi connectivity index (χ3n) is 1.42. The lowest BCUT2D eigenvalue weighted by Crippen LogP contribution is -1.91. The van der Waals surface area contributed by atoms with Gasteiger partial charge in [-0.05, 0) is 12.1 Å². The molecule has 0 atom stereocenters. The van der Waals surface area contributed by atoms with Crippen LogP contribution in [0.3, 0.4) is 0 Å². The Morgan fingerprint density at radius 1 is 1.57 bits per heavy atom. The summed E-state index contributed by atoms with van der Waals surface area (Å²) in [6.45, 7) is 0. The number of nitro benzene ring substituents is 1. The van der Waals surface area contributed by atoms with Crippen molar-refractivity contribution in [1.29, 1.82) is 0 Å². The molecule has 1 aromatic carbocycles. The van der Waals surface area contributed by atoms with E-state index in [1.807, 2.05) is 0 Å². The van der Waals surface area contributed by atoms with Gasteiger partial charge in [0.15, 0.2) is 0 Å². The number of thioether (sulfide) groups is 1. The third-order valence-corrected chi connectivity index (χ3v) is 2.62. The molecule has 0 fully saturated rings. The Bertz CT molecular complexity index is 370. The number of carbonyl (C=O) groups is 1. The predicted octanol–water partition coefficient (Wildman–Crippen LogP) is 2.54. The Balaban J connectivity index is 3.01. The smallest absolute Gasteiger partial charge is 0.284 e. The van der Waals surface area contributed by atoms with Crippen LogP contribution >= 0.6 is 23.4 Å². The maximum Gasteiger partial charge on any atom is 0.284 e. The second kappa shape index (κ2) is 4.97. The summed E-state index contributed by atoms with van der Waals surface area (Å²) in [5.41, 5.74) is -0.0654. The van der Waals surface area contributed by atoms with E-state index in [2.05, 4.69) is 0 Å². The minimum atomic E-state index is -0.515. The highest BCUT2D eigenvalue weighted by Gasteiger charge is 2.13. The molecule has 74 valence electrons. The van der Waals surface area contributed by atoms with Crippen LogP contribution in [0, 0.1) is 10.1 Å². The second-order valence-electron chi connectivity index (χ2n) is 2.35. The van der Waals surface area contributed by atoms with Gasteiger partial charge in [0.2, 0.25) is 0 Å². The van der Waals surface area contributed by atoms with Crippen LogP contribution in [0.4, 0.5) is 5.69 Å². The van der Waals surface area contributed by atoms with Crippen molar-refractivity contribution in [3.05, 3.63) is 33.3 Å². The van der Waals surface area contributed by atoms with Crippen molar-refractivity contribution >= 4 is 35.3 Å². The third kappa shape index (κ3) is 2.71. The fourth-order valence-corrected chi connectivity index (χ4v) is 1.74. The van der Waals surface area contributed by atoms with Gasteiger partial charge in [-0.2, -0.15) is 0 Å². The van der Waals surface area contributed by atoms with Gasteiger partial charge in [0.1, 0.15) is 6.29 Å². The molecule has 0 N–H and O–H groups in total. The molecular weight excluding hydrogens is 226 g/mol. The van der Waals surface area contributed by atoms with E-state index in [1.165, 1.54) is 12.1 Å². The molecule has 0 aliphatic heterocycles. The zero-order valence-electron chi connectivity index (χ0n) is 6.97. The molecule has 1 rings (SSSR count).